The number of hydrogen-bond acceptors (Lipinski definition) is 3. The predicted molar refractivity (Wildman–Crippen MR) is 165 cm³/mol. The number of alkyl halides is 3. The monoisotopic (exact) mass is 610 g/mol. The fraction of sp³-hybridized carbons (Fsp3) is 0.353. The van der Waals surface area contributed by atoms with Gasteiger partial charge in [-0.25, -0.2) is 4.98 Å². The lowest BCUT2D eigenvalue weighted by atomic mass is 9.76. The Morgan fingerprint density at radius 3 is 1.79 bits per heavy atom. The molecule has 1 aliphatic heterocycles. The molecule has 228 valence electrons. The number of imidazole rings is 1. The average Bonchev–Trinajstić information content (AvgIpc) is 3.38. The number of amides is 1. The molecular weight excluding hydrogens is 573 g/mol. The summed E-state index contributed by atoms with van der Waals surface area (Å²) < 4.78 is 41.3. The highest BCUT2D eigenvalue weighted by molar-refractivity contribution is 5.85. The van der Waals surface area contributed by atoms with Crippen LogP contribution in [0, 0.1) is 12.8 Å². The number of benzene rings is 3. The number of rotatable bonds is 9. The summed E-state index contributed by atoms with van der Waals surface area (Å²) in [5.74, 6) is -1.61. The Bertz CT molecular complexity index is 1360. The lowest BCUT2D eigenvalue weighted by molar-refractivity contribution is -0.186. The molecule has 1 saturated heterocycles. The second kappa shape index (κ2) is 13.8. The first-order chi connectivity index (χ1) is 20.2. The number of aromatic nitrogens is 2. The van der Waals surface area contributed by atoms with Crippen molar-refractivity contribution in [1.82, 2.24) is 14.5 Å². The molecule has 1 fully saturated rings. The number of piperidine rings is 1. The van der Waals surface area contributed by atoms with Crippen LogP contribution in [0.4, 0.5) is 13.2 Å². The third-order valence-corrected chi connectivity index (χ3v) is 8.56. The van der Waals surface area contributed by atoms with Gasteiger partial charge in [0.2, 0.25) is 5.91 Å². The highest BCUT2D eigenvalue weighted by Crippen LogP contribution is 2.42. The molecule has 0 aliphatic carbocycles. The van der Waals surface area contributed by atoms with Crippen molar-refractivity contribution in [2.45, 2.75) is 56.8 Å². The largest absolute Gasteiger partial charge is 0.391 e. The number of carbonyl (C=O) groups excluding carboxylic acids is 1. The molecule has 2 heterocycles. The van der Waals surface area contributed by atoms with Gasteiger partial charge in [-0.2, -0.15) is 13.2 Å². The van der Waals surface area contributed by atoms with Gasteiger partial charge in [0.05, 0.1) is 24.0 Å². The van der Waals surface area contributed by atoms with Gasteiger partial charge in [-0.15, -0.1) is 12.4 Å². The number of aryl methyl sites for hydroxylation is 1. The number of likely N-dealkylation sites (tertiary alicyclic amines) is 1. The number of nitrogens with two attached hydrogens (primary N) is 1. The highest BCUT2D eigenvalue weighted by Gasteiger charge is 2.42. The van der Waals surface area contributed by atoms with E-state index in [2.05, 4.69) is 47.9 Å². The summed E-state index contributed by atoms with van der Waals surface area (Å²) in [5, 5.41) is 0. The maximum absolute atomic E-state index is 13.0. The second-order valence-electron chi connectivity index (χ2n) is 11.1. The molecule has 0 bridgehead atoms. The Morgan fingerprint density at radius 2 is 1.35 bits per heavy atom. The molecule has 0 spiro atoms. The van der Waals surface area contributed by atoms with Crippen LogP contribution in [0.1, 0.15) is 53.8 Å². The van der Waals surface area contributed by atoms with Gasteiger partial charge in [-0.05, 0) is 55.7 Å². The van der Waals surface area contributed by atoms with E-state index < -0.39 is 23.7 Å². The fourth-order valence-corrected chi connectivity index (χ4v) is 6.26. The quantitative estimate of drug-likeness (QED) is 0.210. The van der Waals surface area contributed by atoms with E-state index >= 15 is 0 Å². The van der Waals surface area contributed by atoms with E-state index in [4.69, 9.17) is 10.7 Å². The minimum absolute atomic E-state index is 0. The first kappa shape index (κ1) is 32.3. The summed E-state index contributed by atoms with van der Waals surface area (Å²) in [6.45, 7) is 2.27. The van der Waals surface area contributed by atoms with Gasteiger partial charge < -0.3 is 15.2 Å². The van der Waals surface area contributed by atoms with E-state index in [0.717, 1.165) is 28.1 Å². The van der Waals surface area contributed by atoms with Gasteiger partial charge in [-0.1, -0.05) is 91.0 Å². The maximum Gasteiger partial charge on any atom is 0.391 e. The molecule has 5 nitrogen and oxygen atoms in total. The Balaban J connectivity index is 0.00000423. The van der Waals surface area contributed by atoms with Crippen LogP contribution >= 0.6 is 12.4 Å². The van der Waals surface area contributed by atoms with Crippen LogP contribution in [0.5, 0.6) is 0 Å². The van der Waals surface area contributed by atoms with Crippen molar-refractivity contribution in [2.24, 2.45) is 11.7 Å². The van der Waals surface area contributed by atoms with Crippen molar-refractivity contribution in [2.75, 3.05) is 13.1 Å². The molecule has 2 N–H and O–H groups in total. The SMILES string of the molecule is Cc1c(CCC[C@H](N)C(=O)N2CCC(C(F)(F)F)CC2)ncn1C(c1ccccc1)(c1ccccc1)c1ccccc1.Cl. The minimum atomic E-state index is -4.21. The van der Waals surface area contributed by atoms with Crippen molar-refractivity contribution in [3.63, 3.8) is 0 Å². The van der Waals surface area contributed by atoms with Crippen LogP contribution in [0.15, 0.2) is 97.3 Å². The number of hydrogen-bond donors (Lipinski definition) is 1. The molecule has 43 heavy (non-hydrogen) atoms. The molecule has 5 rings (SSSR count). The van der Waals surface area contributed by atoms with E-state index in [1.807, 2.05) is 60.9 Å². The van der Waals surface area contributed by atoms with Crippen molar-refractivity contribution in [3.8, 4) is 0 Å². The number of carbonyl (C=O) groups is 1. The molecule has 9 heteroatoms. The molecule has 1 aliphatic rings. The topological polar surface area (TPSA) is 64.2 Å². The van der Waals surface area contributed by atoms with Gasteiger partial charge in [-0.3, -0.25) is 4.79 Å². The summed E-state index contributed by atoms with van der Waals surface area (Å²) in [7, 11) is 0. The zero-order valence-electron chi connectivity index (χ0n) is 24.2. The lowest BCUT2D eigenvalue weighted by Crippen LogP contribution is -2.48. The average molecular weight is 611 g/mol. The van der Waals surface area contributed by atoms with Crippen molar-refractivity contribution in [1.29, 1.82) is 0 Å². The van der Waals surface area contributed by atoms with Crippen LogP contribution in [0.3, 0.4) is 0 Å². The van der Waals surface area contributed by atoms with Crippen LogP contribution in [-0.4, -0.2) is 45.7 Å². The van der Waals surface area contributed by atoms with Gasteiger partial charge in [0.1, 0.15) is 5.54 Å². The van der Waals surface area contributed by atoms with Crippen molar-refractivity contribution < 1.29 is 18.0 Å². The van der Waals surface area contributed by atoms with Gasteiger partial charge >= 0.3 is 6.18 Å². The standard InChI is InChI=1S/C34H37F3N4O.ClH/c1-25-31(19-11-18-30(38)32(42)40-22-20-29(21-23-40)34(35,36)37)39-24-41(25)33(26-12-5-2-6-13-26,27-14-7-3-8-15-27)28-16-9-4-10-17-28;/h2-10,12-17,24,29-30H,11,18-23,38H2,1H3;1H/t30-;/m0./s1. The van der Waals surface area contributed by atoms with Crippen LogP contribution < -0.4 is 5.73 Å². The summed E-state index contributed by atoms with van der Waals surface area (Å²) >= 11 is 0. The smallest absolute Gasteiger partial charge is 0.341 e. The van der Waals surface area contributed by atoms with Crippen LogP contribution in [0.2, 0.25) is 0 Å². The molecule has 1 aromatic heterocycles. The number of nitrogens with zero attached hydrogens (tertiary/aromatic N) is 3. The van der Waals surface area contributed by atoms with Crippen molar-refractivity contribution in [3.05, 3.63) is 125 Å². The third-order valence-electron chi connectivity index (χ3n) is 8.56. The van der Waals surface area contributed by atoms with E-state index in [1.165, 1.54) is 4.90 Å². The summed E-state index contributed by atoms with van der Waals surface area (Å²) in [4.78, 5) is 19.2. The number of halogens is 4. The van der Waals surface area contributed by atoms with Gasteiger partial charge in [0.15, 0.2) is 0 Å². The molecule has 0 saturated carbocycles. The van der Waals surface area contributed by atoms with Crippen LogP contribution in [0.25, 0.3) is 0 Å². The zero-order chi connectivity index (χ0) is 29.7. The minimum Gasteiger partial charge on any atom is -0.341 e. The maximum atomic E-state index is 13.0. The molecular formula is C34H38ClF3N4O. The Hall–Kier alpha value is -3.62. The normalized spacial score (nSPS) is 15.1. The summed E-state index contributed by atoms with van der Waals surface area (Å²) in [6, 6.07) is 30.4. The third kappa shape index (κ3) is 6.65. The Kier molecular flexibility index (Phi) is 10.4. The lowest BCUT2D eigenvalue weighted by Gasteiger charge is -2.38. The van der Waals surface area contributed by atoms with Gasteiger partial charge in [0, 0.05) is 18.8 Å². The molecule has 0 radical (unpaired) electrons. The first-order valence-corrected chi connectivity index (χ1v) is 14.5. The molecule has 1 amide bonds. The molecule has 4 aromatic rings. The summed E-state index contributed by atoms with van der Waals surface area (Å²) in [6.07, 6.45) is -0.741. The fourth-order valence-electron chi connectivity index (χ4n) is 6.26. The van der Waals surface area contributed by atoms with Crippen LogP contribution in [-0.2, 0) is 16.8 Å². The first-order valence-electron chi connectivity index (χ1n) is 14.5. The molecule has 0 unspecified atom stereocenters. The van der Waals surface area contributed by atoms with Gasteiger partial charge in [0.25, 0.3) is 0 Å². The highest BCUT2D eigenvalue weighted by atomic mass is 35.5. The van der Waals surface area contributed by atoms with E-state index in [9.17, 15) is 18.0 Å². The molecule has 3 aromatic carbocycles. The second-order valence-corrected chi connectivity index (χ2v) is 11.1. The van der Waals surface area contributed by atoms with E-state index in [0.29, 0.717) is 19.3 Å². The Morgan fingerprint density at radius 1 is 0.884 bits per heavy atom. The van der Waals surface area contributed by atoms with E-state index in [1.54, 1.807) is 0 Å². The Labute approximate surface area is 257 Å². The van der Waals surface area contributed by atoms with Crippen molar-refractivity contribution >= 4 is 18.3 Å². The zero-order valence-corrected chi connectivity index (χ0v) is 25.0. The predicted octanol–water partition coefficient (Wildman–Crippen LogP) is 6.90. The molecule has 1 atom stereocenters. The summed E-state index contributed by atoms with van der Waals surface area (Å²) in [5.41, 5.74) is 10.8. The van der Waals surface area contributed by atoms with E-state index in [-0.39, 0.29) is 44.2 Å².